The lowest BCUT2D eigenvalue weighted by atomic mass is 10.2. The van der Waals surface area contributed by atoms with Gasteiger partial charge in [0.25, 0.3) is 0 Å². The van der Waals surface area contributed by atoms with Crippen LogP contribution in [0.1, 0.15) is 19.8 Å². The van der Waals surface area contributed by atoms with Crippen LogP contribution < -0.4 is 5.32 Å². The van der Waals surface area contributed by atoms with Crippen LogP contribution >= 0.6 is 11.8 Å². The van der Waals surface area contributed by atoms with E-state index in [-0.39, 0.29) is 6.10 Å². The van der Waals surface area contributed by atoms with Gasteiger partial charge in [-0.1, -0.05) is 0 Å². The van der Waals surface area contributed by atoms with Crippen LogP contribution in [0, 0.1) is 0 Å². The number of methoxy groups -OCH3 is 1. The van der Waals surface area contributed by atoms with Gasteiger partial charge in [-0.25, -0.2) is 0 Å². The maximum absolute atomic E-state index is 9.76. The van der Waals surface area contributed by atoms with E-state index in [0.717, 1.165) is 5.75 Å². The Hall–Kier alpha value is 0.190. The minimum absolute atomic E-state index is 0.0416. The molecule has 3 atom stereocenters. The summed E-state index contributed by atoms with van der Waals surface area (Å²) in [4.78, 5) is 0. The smallest absolute Gasteiger partial charge is 0.0897 e. The van der Waals surface area contributed by atoms with Gasteiger partial charge >= 0.3 is 0 Å². The molecule has 1 rings (SSSR count). The highest BCUT2D eigenvalue weighted by molar-refractivity contribution is 7.99. The Morgan fingerprint density at radius 1 is 1.47 bits per heavy atom. The van der Waals surface area contributed by atoms with Crippen molar-refractivity contribution in [3.63, 3.8) is 0 Å². The molecule has 0 aromatic rings. The lowest BCUT2D eigenvalue weighted by molar-refractivity contribution is -0.0315. The van der Waals surface area contributed by atoms with Gasteiger partial charge in [-0.3, -0.25) is 0 Å². The highest BCUT2D eigenvalue weighted by Crippen LogP contribution is 2.16. The molecule has 1 aliphatic heterocycles. The summed E-state index contributed by atoms with van der Waals surface area (Å²) in [6, 6.07) is 0.555. The van der Waals surface area contributed by atoms with E-state index < -0.39 is 6.10 Å². The molecule has 1 heterocycles. The van der Waals surface area contributed by atoms with Gasteiger partial charge in [-0.05, 0) is 25.5 Å². The van der Waals surface area contributed by atoms with Gasteiger partial charge in [0.2, 0.25) is 0 Å². The number of ether oxygens (including phenoxy) is 2. The fourth-order valence-corrected chi connectivity index (χ4v) is 2.93. The Kier molecular flexibility index (Phi) is 8.22. The fraction of sp³-hybridized carbons (Fsp3) is 1.00. The van der Waals surface area contributed by atoms with Gasteiger partial charge in [0.15, 0.2) is 0 Å². The third kappa shape index (κ3) is 7.26. The molecule has 2 N–H and O–H groups in total. The first-order chi connectivity index (χ1) is 8.22. The zero-order chi connectivity index (χ0) is 12.5. The van der Waals surface area contributed by atoms with Crippen molar-refractivity contribution in [2.75, 3.05) is 38.4 Å². The molecule has 17 heavy (non-hydrogen) atoms. The number of hydrogen-bond acceptors (Lipinski definition) is 5. The van der Waals surface area contributed by atoms with Crippen molar-refractivity contribution < 1.29 is 14.6 Å². The molecule has 0 aliphatic carbocycles. The van der Waals surface area contributed by atoms with Gasteiger partial charge < -0.3 is 19.9 Å². The summed E-state index contributed by atoms with van der Waals surface area (Å²) in [6.45, 7) is 3.50. The van der Waals surface area contributed by atoms with Crippen LogP contribution in [0.15, 0.2) is 0 Å². The van der Waals surface area contributed by atoms with Crippen molar-refractivity contribution in [1.82, 2.24) is 5.32 Å². The van der Waals surface area contributed by atoms with E-state index in [1.165, 1.54) is 18.6 Å². The topological polar surface area (TPSA) is 50.7 Å². The molecule has 0 aromatic carbocycles. The summed E-state index contributed by atoms with van der Waals surface area (Å²) in [7, 11) is 1.65. The first-order valence-electron chi connectivity index (χ1n) is 6.32. The molecule has 3 unspecified atom stereocenters. The maximum Gasteiger partial charge on any atom is 0.0897 e. The van der Waals surface area contributed by atoms with Crippen LogP contribution in [0.5, 0.6) is 0 Å². The van der Waals surface area contributed by atoms with Crippen LogP contribution in [0.3, 0.4) is 0 Å². The number of thioether (sulfide) groups is 1. The minimum Gasteiger partial charge on any atom is -0.389 e. The Morgan fingerprint density at radius 3 is 2.94 bits per heavy atom. The summed E-state index contributed by atoms with van der Waals surface area (Å²) >= 11 is 1.99. The molecule has 1 aliphatic rings. The number of aliphatic hydroxyl groups is 1. The third-order valence-corrected chi connectivity index (χ3v) is 3.99. The first kappa shape index (κ1) is 15.2. The monoisotopic (exact) mass is 263 g/mol. The molecule has 0 radical (unpaired) electrons. The largest absolute Gasteiger partial charge is 0.389 e. The first-order valence-corrected chi connectivity index (χ1v) is 7.47. The molecule has 0 amide bonds. The lowest BCUT2D eigenvalue weighted by Gasteiger charge is -2.24. The third-order valence-electron chi connectivity index (χ3n) is 2.78. The number of aliphatic hydroxyl groups excluding tert-OH is 1. The zero-order valence-corrected chi connectivity index (χ0v) is 11.7. The quantitative estimate of drug-likeness (QED) is 0.681. The van der Waals surface area contributed by atoms with E-state index in [1.807, 2.05) is 18.7 Å². The van der Waals surface area contributed by atoms with Crippen LogP contribution in [0.25, 0.3) is 0 Å². The van der Waals surface area contributed by atoms with Gasteiger partial charge in [-0.15, -0.1) is 0 Å². The molecule has 0 saturated carbocycles. The van der Waals surface area contributed by atoms with Gasteiger partial charge in [0, 0.05) is 25.4 Å². The summed E-state index contributed by atoms with van der Waals surface area (Å²) in [5.41, 5.74) is 0. The van der Waals surface area contributed by atoms with E-state index in [1.54, 1.807) is 7.11 Å². The van der Waals surface area contributed by atoms with Crippen molar-refractivity contribution in [3.8, 4) is 0 Å². The highest BCUT2D eigenvalue weighted by atomic mass is 32.2. The molecular weight excluding hydrogens is 238 g/mol. The summed E-state index contributed by atoms with van der Waals surface area (Å²) in [5.74, 6) is 2.44. The molecule has 0 bridgehead atoms. The van der Waals surface area contributed by atoms with Crippen LogP contribution in [-0.2, 0) is 9.47 Å². The second kappa shape index (κ2) is 9.16. The fourth-order valence-electron chi connectivity index (χ4n) is 1.82. The SMILES string of the molecule is COCC(C)OCC(O)CNC1CCCSC1. The summed E-state index contributed by atoms with van der Waals surface area (Å²) < 4.78 is 10.4. The van der Waals surface area contributed by atoms with E-state index in [9.17, 15) is 5.11 Å². The van der Waals surface area contributed by atoms with Crippen LogP contribution in [0.4, 0.5) is 0 Å². The molecule has 5 heteroatoms. The molecule has 1 fully saturated rings. The predicted molar refractivity (Wildman–Crippen MR) is 71.6 cm³/mol. The van der Waals surface area contributed by atoms with Crippen molar-refractivity contribution in [2.45, 2.75) is 38.0 Å². The molecule has 102 valence electrons. The van der Waals surface area contributed by atoms with Crippen molar-refractivity contribution in [3.05, 3.63) is 0 Å². The van der Waals surface area contributed by atoms with Crippen LogP contribution in [0.2, 0.25) is 0 Å². The van der Waals surface area contributed by atoms with E-state index in [2.05, 4.69) is 5.32 Å². The Labute approximate surface area is 108 Å². The van der Waals surface area contributed by atoms with Crippen LogP contribution in [-0.4, -0.2) is 61.7 Å². The highest BCUT2D eigenvalue weighted by Gasteiger charge is 2.15. The average Bonchev–Trinajstić information content (AvgIpc) is 2.35. The summed E-state index contributed by atoms with van der Waals surface area (Å²) in [6.07, 6.45) is 2.11. The lowest BCUT2D eigenvalue weighted by Crippen LogP contribution is -2.40. The molecule has 0 spiro atoms. The van der Waals surface area contributed by atoms with E-state index in [0.29, 0.717) is 25.8 Å². The zero-order valence-electron chi connectivity index (χ0n) is 10.9. The van der Waals surface area contributed by atoms with Gasteiger partial charge in [-0.2, -0.15) is 11.8 Å². The predicted octanol–water partition coefficient (Wildman–Crippen LogP) is 0.884. The molecule has 4 nitrogen and oxygen atoms in total. The van der Waals surface area contributed by atoms with Crippen molar-refractivity contribution in [1.29, 1.82) is 0 Å². The van der Waals surface area contributed by atoms with Gasteiger partial charge in [0.1, 0.15) is 0 Å². The number of hydrogen-bond donors (Lipinski definition) is 2. The van der Waals surface area contributed by atoms with Crippen molar-refractivity contribution >= 4 is 11.8 Å². The second-order valence-electron chi connectivity index (χ2n) is 4.58. The van der Waals surface area contributed by atoms with Gasteiger partial charge in [0.05, 0.1) is 25.4 Å². The second-order valence-corrected chi connectivity index (χ2v) is 5.73. The normalized spacial score (nSPS) is 24.5. The molecule has 1 saturated heterocycles. The van der Waals surface area contributed by atoms with E-state index >= 15 is 0 Å². The molecular formula is C12H25NO3S. The standard InChI is InChI=1S/C12H25NO3S/c1-10(7-15-2)16-8-12(14)6-13-11-4-3-5-17-9-11/h10-14H,3-9H2,1-2H3. The van der Waals surface area contributed by atoms with E-state index in [4.69, 9.17) is 9.47 Å². The summed E-state index contributed by atoms with van der Waals surface area (Å²) in [5, 5.41) is 13.2. The molecule has 0 aromatic heterocycles. The minimum atomic E-state index is -0.429. The number of nitrogens with one attached hydrogen (secondary N) is 1. The maximum atomic E-state index is 9.76. The Bertz CT molecular complexity index is 189. The Morgan fingerprint density at radius 2 is 2.29 bits per heavy atom. The van der Waals surface area contributed by atoms with Crippen molar-refractivity contribution in [2.24, 2.45) is 0 Å². The number of rotatable bonds is 8. The Balaban J connectivity index is 2.01. The average molecular weight is 263 g/mol.